The zero-order chi connectivity index (χ0) is 20.1. The maximum Gasteiger partial charge on any atom is 0.257 e. The molecule has 148 valence electrons. The zero-order valence-electron chi connectivity index (χ0n) is 16.3. The van der Waals surface area contributed by atoms with E-state index in [1.807, 2.05) is 61.5 Å². The summed E-state index contributed by atoms with van der Waals surface area (Å²) in [5.41, 5.74) is 2.40. The number of rotatable bonds is 5. The number of amides is 1. The van der Waals surface area contributed by atoms with Gasteiger partial charge in [0.1, 0.15) is 17.3 Å². The number of nitrogens with one attached hydrogen (secondary N) is 1. The summed E-state index contributed by atoms with van der Waals surface area (Å²) in [6.07, 6.45) is 1.61. The fourth-order valence-electron chi connectivity index (χ4n) is 3.05. The molecule has 2 aromatic carbocycles. The van der Waals surface area contributed by atoms with Gasteiger partial charge in [0.2, 0.25) is 0 Å². The van der Waals surface area contributed by atoms with Crippen LogP contribution in [-0.4, -0.2) is 37.2 Å². The molecule has 0 bridgehead atoms. The summed E-state index contributed by atoms with van der Waals surface area (Å²) >= 11 is 0. The molecule has 0 atom stereocenters. The largest absolute Gasteiger partial charge is 0.457 e. The second kappa shape index (κ2) is 8.75. The molecular formula is C23H23N3O3. The molecule has 1 fully saturated rings. The van der Waals surface area contributed by atoms with Crippen molar-refractivity contribution < 1.29 is 14.3 Å². The second-order valence-electron chi connectivity index (χ2n) is 6.90. The molecule has 2 heterocycles. The molecule has 6 heteroatoms. The van der Waals surface area contributed by atoms with Crippen LogP contribution in [0.2, 0.25) is 0 Å². The van der Waals surface area contributed by atoms with Crippen LogP contribution in [0.1, 0.15) is 15.9 Å². The van der Waals surface area contributed by atoms with Crippen molar-refractivity contribution in [1.29, 1.82) is 0 Å². The first kappa shape index (κ1) is 19.0. The number of aryl methyl sites for hydroxylation is 1. The van der Waals surface area contributed by atoms with Crippen LogP contribution in [0, 0.1) is 6.92 Å². The van der Waals surface area contributed by atoms with Gasteiger partial charge in [-0.2, -0.15) is 0 Å². The average Bonchev–Trinajstić information content (AvgIpc) is 2.77. The van der Waals surface area contributed by atoms with Crippen LogP contribution in [0.15, 0.2) is 66.9 Å². The van der Waals surface area contributed by atoms with Crippen LogP contribution in [0.25, 0.3) is 0 Å². The molecule has 0 saturated carbocycles. The Bertz CT molecular complexity index is 948. The van der Waals surface area contributed by atoms with Crippen LogP contribution in [0.3, 0.4) is 0 Å². The Morgan fingerprint density at radius 2 is 1.62 bits per heavy atom. The second-order valence-corrected chi connectivity index (χ2v) is 6.90. The quantitative estimate of drug-likeness (QED) is 0.706. The van der Waals surface area contributed by atoms with Gasteiger partial charge in [-0.15, -0.1) is 0 Å². The van der Waals surface area contributed by atoms with E-state index in [2.05, 4.69) is 15.2 Å². The molecule has 1 aliphatic heterocycles. The molecule has 0 spiro atoms. The highest BCUT2D eigenvalue weighted by Gasteiger charge is 2.13. The third kappa shape index (κ3) is 4.92. The van der Waals surface area contributed by atoms with Crippen molar-refractivity contribution >= 4 is 17.4 Å². The first-order valence-electron chi connectivity index (χ1n) is 9.62. The van der Waals surface area contributed by atoms with Gasteiger partial charge in [-0.3, -0.25) is 4.79 Å². The molecule has 1 saturated heterocycles. The summed E-state index contributed by atoms with van der Waals surface area (Å²) in [5.74, 6) is 2.16. The van der Waals surface area contributed by atoms with Crippen molar-refractivity contribution in [2.24, 2.45) is 0 Å². The number of hydrogen-bond acceptors (Lipinski definition) is 5. The van der Waals surface area contributed by atoms with Gasteiger partial charge in [0, 0.05) is 25.0 Å². The van der Waals surface area contributed by atoms with Gasteiger partial charge in [-0.05, 0) is 55.5 Å². The molecule has 0 radical (unpaired) electrons. The van der Waals surface area contributed by atoms with Crippen molar-refractivity contribution in [3.63, 3.8) is 0 Å². The van der Waals surface area contributed by atoms with Gasteiger partial charge in [-0.25, -0.2) is 4.98 Å². The zero-order valence-corrected chi connectivity index (χ0v) is 16.3. The van der Waals surface area contributed by atoms with Gasteiger partial charge in [0.15, 0.2) is 0 Å². The normalized spacial score (nSPS) is 13.8. The number of benzene rings is 2. The van der Waals surface area contributed by atoms with Crippen LogP contribution >= 0.6 is 0 Å². The van der Waals surface area contributed by atoms with E-state index in [1.54, 1.807) is 12.3 Å². The number of ether oxygens (including phenoxy) is 2. The van der Waals surface area contributed by atoms with Gasteiger partial charge < -0.3 is 19.7 Å². The number of nitrogens with zero attached hydrogens (tertiary/aromatic N) is 2. The van der Waals surface area contributed by atoms with E-state index in [0.717, 1.165) is 24.7 Å². The van der Waals surface area contributed by atoms with Crippen molar-refractivity contribution in [2.45, 2.75) is 6.92 Å². The molecule has 3 aromatic rings. The van der Waals surface area contributed by atoms with E-state index in [9.17, 15) is 4.79 Å². The summed E-state index contributed by atoms with van der Waals surface area (Å²) in [5, 5.41) is 2.89. The molecule has 29 heavy (non-hydrogen) atoms. The summed E-state index contributed by atoms with van der Waals surface area (Å²) in [7, 11) is 0. The van der Waals surface area contributed by atoms with E-state index >= 15 is 0 Å². The Hall–Kier alpha value is -3.38. The molecule has 6 nitrogen and oxygen atoms in total. The monoisotopic (exact) mass is 389 g/mol. The highest BCUT2D eigenvalue weighted by molar-refractivity contribution is 6.04. The van der Waals surface area contributed by atoms with E-state index < -0.39 is 0 Å². The lowest BCUT2D eigenvalue weighted by Crippen LogP contribution is -2.36. The lowest BCUT2D eigenvalue weighted by atomic mass is 10.2. The molecule has 1 aliphatic rings. The standard InChI is InChI=1S/C23H23N3O3/c1-17-2-7-20(8-3-17)29-21-9-5-19(6-10-21)25-23(27)18-4-11-22(24-16-18)26-12-14-28-15-13-26/h2-11,16H,12-15H2,1H3,(H,25,27). The third-order valence-electron chi connectivity index (χ3n) is 4.71. The Balaban J connectivity index is 1.36. The lowest BCUT2D eigenvalue weighted by molar-refractivity contribution is 0.102. The molecule has 0 unspecified atom stereocenters. The van der Waals surface area contributed by atoms with E-state index in [4.69, 9.17) is 9.47 Å². The smallest absolute Gasteiger partial charge is 0.257 e. The third-order valence-corrected chi connectivity index (χ3v) is 4.71. The molecular weight excluding hydrogens is 366 g/mol. The summed E-state index contributed by atoms with van der Waals surface area (Å²) < 4.78 is 11.2. The minimum absolute atomic E-state index is 0.196. The summed E-state index contributed by atoms with van der Waals surface area (Å²) in [4.78, 5) is 19.1. The Kier molecular flexibility index (Phi) is 5.72. The summed E-state index contributed by atoms with van der Waals surface area (Å²) in [6.45, 7) is 5.07. The number of carbonyl (C=O) groups excluding carboxylic acids is 1. The highest BCUT2D eigenvalue weighted by atomic mass is 16.5. The topological polar surface area (TPSA) is 63.7 Å². The number of anilines is 2. The summed E-state index contributed by atoms with van der Waals surface area (Å²) in [6, 6.07) is 18.8. The SMILES string of the molecule is Cc1ccc(Oc2ccc(NC(=O)c3ccc(N4CCOCC4)nc3)cc2)cc1. The van der Waals surface area contributed by atoms with Crippen LogP contribution in [-0.2, 0) is 4.74 Å². The van der Waals surface area contributed by atoms with Gasteiger partial charge in [0.25, 0.3) is 5.91 Å². The van der Waals surface area contributed by atoms with Crippen molar-refractivity contribution in [1.82, 2.24) is 4.98 Å². The maximum atomic E-state index is 12.5. The van der Waals surface area contributed by atoms with Gasteiger partial charge in [-0.1, -0.05) is 17.7 Å². The molecule has 0 aliphatic carbocycles. The van der Waals surface area contributed by atoms with E-state index in [0.29, 0.717) is 30.2 Å². The lowest BCUT2D eigenvalue weighted by Gasteiger charge is -2.27. The van der Waals surface area contributed by atoms with Gasteiger partial charge >= 0.3 is 0 Å². The minimum Gasteiger partial charge on any atom is -0.457 e. The number of aromatic nitrogens is 1. The van der Waals surface area contributed by atoms with Crippen LogP contribution in [0.4, 0.5) is 11.5 Å². The van der Waals surface area contributed by atoms with Crippen molar-refractivity contribution in [2.75, 3.05) is 36.5 Å². The molecule has 1 amide bonds. The molecule has 1 N–H and O–H groups in total. The van der Waals surface area contributed by atoms with Crippen molar-refractivity contribution in [3.8, 4) is 11.5 Å². The predicted octanol–water partition coefficient (Wildman–Crippen LogP) is 4.27. The molecule has 4 rings (SSSR count). The maximum absolute atomic E-state index is 12.5. The molecule has 1 aromatic heterocycles. The Morgan fingerprint density at radius 1 is 0.966 bits per heavy atom. The number of hydrogen-bond donors (Lipinski definition) is 1. The van der Waals surface area contributed by atoms with Crippen LogP contribution < -0.4 is 15.0 Å². The highest BCUT2D eigenvalue weighted by Crippen LogP contribution is 2.23. The minimum atomic E-state index is -0.196. The number of carbonyl (C=O) groups is 1. The van der Waals surface area contributed by atoms with Crippen molar-refractivity contribution in [3.05, 3.63) is 78.0 Å². The Labute approximate surface area is 170 Å². The number of pyridine rings is 1. The fourth-order valence-corrected chi connectivity index (χ4v) is 3.05. The average molecular weight is 389 g/mol. The van der Waals surface area contributed by atoms with Gasteiger partial charge in [0.05, 0.1) is 18.8 Å². The predicted molar refractivity (Wildman–Crippen MR) is 113 cm³/mol. The number of morpholine rings is 1. The fraction of sp³-hybridized carbons (Fsp3) is 0.217. The first-order chi connectivity index (χ1) is 14.2. The van der Waals surface area contributed by atoms with E-state index in [-0.39, 0.29) is 5.91 Å². The first-order valence-corrected chi connectivity index (χ1v) is 9.62. The van der Waals surface area contributed by atoms with Crippen LogP contribution in [0.5, 0.6) is 11.5 Å². The van der Waals surface area contributed by atoms with E-state index in [1.165, 1.54) is 5.56 Å². The Morgan fingerprint density at radius 3 is 2.24 bits per heavy atom.